The molecule has 2 aromatic rings. The van der Waals surface area contributed by atoms with Crippen molar-refractivity contribution in [3.63, 3.8) is 0 Å². The number of aromatic amines is 1. The van der Waals surface area contributed by atoms with Crippen molar-refractivity contribution in [2.45, 2.75) is 6.43 Å². The molecule has 0 atom stereocenters. The molecule has 0 bridgehead atoms. The highest BCUT2D eigenvalue weighted by Crippen LogP contribution is 2.19. The zero-order valence-corrected chi connectivity index (χ0v) is 8.18. The maximum absolute atomic E-state index is 12.4. The van der Waals surface area contributed by atoms with Crippen LogP contribution in [0.25, 0.3) is 10.9 Å². The quantitative estimate of drug-likeness (QED) is 0.801. The molecule has 2 nitrogen and oxygen atoms in total. The van der Waals surface area contributed by atoms with Crippen molar-refractivity contribution in [3.05, 3.63) is 45.2 Å². The number of H-pyrrole nitrogens is 1. The monoisotopic (exact) mass is 229 g/mol. The third-order valence-electron chi connectivity index (χ3n) is 2.05. The van der Waals surface area contributed by atoms with Gasteiger partial charge in [-0.2, -0.15) is 0 Å². The van der Waals surface area contributed by atoms with Gasteiger partial charge >= 0.3 is 0 Å². The van der Waals surface area contributed by atoms with Gasteiger partial charge in [0.1, 0.15) is 0 Å². The number of nitrogens with one attached hydrogen (secondary N) is 1. The lowest BCUT2D eigenvalue weighted by Gasteiger charge is -2.03. The van der Waals surface area contributed by atoms with Gasteiger partial charge in [-0.3, -0.25) is 4.79 Å². The second kappa shape index (κ2) is 3.62. The minimum atomic E-state index is -2.68. The van der Waals surface area contributed by atoms with Crippen molar-refractivity contribution in [3.8, 4) is 0 Å². The largest absolute Gasteiger partial charge is 0.354 e. The summed E-state index contributed by atoms with van der Waals surface area (Å²) in [5.41, 5.74) is -0.474. The number of hydrogen-bond donors (Lipinski definition) is 1. The summed E-state index contributed by atoms with van der Waals surface area (Å²) in [5, 5.41) is 0.713. The fourth-order valence-electron chi connectivity index (χ4n) is 1.36. The Morgan fingerprint density at radius 2 is 2.00 bits per heavy atom. The van der Waals surface area contributed by atoms with Gasteiger partial charge in [0.05, 0.1) is 5.69 Å². The summed E-state index contributed by atoms with van der Waals surface area (Å²) >= 11 is 5.69. The molecule has 0 radical (unpaired) electrons. The molecular formula is C10H6ClF2NO. The van der Waals surface area contributed by atoms with E-state index in [0.29, 0.717) is 15.9 Å². The molecule has 2 rings (SSSR count). The van der Waals surface area contributed by atoms with Crippen LogP contribution in [0.5, 0.6) is 0 Å². The summed E-state index contributed by atoms with van der Waals surface area (Å²) < 4.78 is 24.7. The maximum atomic E-state index is 12.4. The van der Waals surface area contributed by atoms with Crippen LogP contribution in [-0.4, -0.2) is 4.98 Å². The third kappa shape index (κ3) is 1.85. The molecule has 1 heterocycles. The summed E-state index contributed by atoms with van der Waals surface area (Å²) in [6.45, 7) is 0. The van der Waals surface area contributed by atoms with Gasteiger partial charge in [-0.25, -0.2) is 8.78 Å². The molecule has 1 aromatic carbocycles. The van der Waals surface area contributed by atoms with E-state index in [2.05, 4.69) is 4.98 Å². The molecule has 1 aromatic heterocycles. The molecule has 78 valence electrons. The molecule has 0 aliphatic heterocycles. The Morgan fingerprint density at radius 3 is 2.67 bits per heavy atom. The summed E-state index contributed by atoms with van der Waals surface area (Å²) in [6.07, 6.45) is -2.68. The molecule has 0 saturated carbocycles. The average molecular weight is 230 g/mol. The Labute approximate surface area is 88.5 Å². The lowest BCUT2D eigenvalue weighted by atomic mass is 10.2. The Bertz CT molecular complexity index is 565. The van der Waals surface area contributed by atoms with E-state index < -0.39 is 11.9 Å². The maximum Gasteiger partial charge on any atom is 0.278 e. The first-order valence-electron chi connectivity index (χ1n) is 4.18. The van der Waals surface area contributed by atoms with Crippen LogP contribution < -0.4 is 5.43 Å². The number of rotatable bonds is 1. The van der Waals surface area contributed by atoms with Crippen LogP contribution in [0, 0.1) is 0 Å². The van der Waals surface area contributed by atoms with Crippen molar-refractivity contribution in [1.82, 2.24) is 4.98 Å². The van der Waals surface area contributed by atoms with Crippen LogP contribution >= 0.6 is 11.6 Å². The molecule has 0 aliphatic rings. The highest BCUT2D eigenvalue weighted by molar-refractivity contribution is 6.31. The first kappa shape index (κ1) is 10.1. The van der Waals surface area contributed by atoms with Gasteiger partial charge in [-0.15, -0.1) is 0 Å². The molecule has 0 amide bonds. The van der Waals surface area contributed by atoms with E-state index in [1.165, 1.54) is 18.2 Å². The molecule has 1 N–H and O–H groups in total. The molecule has 0 fully saturated rings. The number of halogens is 3. The van der Waals surface area contributed by atoms with Crippen molar-refractivity contribution in [2.24, 2.45) is 0 Å². The SMILES string of the molecule is O=c1cc(C(F)F)[nH]c2ccc(Cl)cc12. The molecule has 0 aliphatic carbocycles. The summed E-state index contributed by atoms with van der Waals surface area (Å²) in [5.74, 6) is 0. The second-order valence-corrected chi connectivity index (χ2v) is 3.52. The first-order valence-corrected chi connectivity index (χ1v) is 4.56. The van der Waals surface area contributed by atoms with Crippen molar-refractivity contribution in [2.75, 3.05) is 0 Å². The molecule has 5 heteroatoms. The normalized spacial score (nSPS) is 11.2. The van der Waals surface area contributed by atoms with Gasteiger partial charge in [0.25, 0.3) is 6.43 Å². The fraction of sp³-hybridized carbons (Fsp3) is 0.100. The summed E-state index contributed by atoms with van der Waals surface area (Å²) in [7, 11) is 0. The smallest absolute Gasteiger partial charge is 0.278 e. The molecule has 0 unspecified atom stereocenters. The van der Waals surface area contributed by atoms with E-state index in [4.69, 9.17) is 11.6 Å². The van der Waals surface area contributed by atoms with Crippen molar-refractivity contribution < 1.29 is 8.78 Å². The fourth-order valence-corrected chi connectivity index (χ4v) is 1.53. The van der Waals surface area contributed by atoms with E-state index >= 15 is 0 Å². The van der Waals surface area contributed by atoms with Gasteiger partial charge < -0.3 is 4.98 Å². The second-order valence-electron chi connectivity index (χ2n) is 3.08. The number of alkyl halides is 2. The lowest BCUT2D eigenvalue weighted by Crippen LogP contribution is -2.05. The highest BCUT2D eigenvalue weighted by Gasteiger charge is 2.10. The topological polar surface area (TPSA) is 32.9 Å². The predicted molar refractivity (Wildman–Crippen MR) is 54.5 cm³/mol. The van der Waals surface area contributed by atoms with Gasteiger partial charge in [0.15, 0.2) is 5.43 Å². The van der Waals surface area contributed by atoms with E-state index in [9.17, 15) is 13.6 Å². The van der Waals surface area contributed by atoms with Gasteiger partial charge in [-0.1, -0.05) is 11.6 Å². The van der Waals surface area contributed by atoms with Crippen LogP contribution in [0.1, 0.15) is 12.1 Å². The Kier molecular flexibility index (Phi) is 2.44. The standard InChI is InChI=1S/C10H6ClF2NO/c11-5-1-2-7-6(3-5)9(15)4-8(14-7)10(12)13/h1-4,10H,(H,14,15). The minimum absolute atomic E-state index is 0.312. The van der Waals surface area contributed by atoms with Crippen LogP contribution in [0.15, 0.2) is 29.1 Å². The number of benzene rings is 1. The Balaban J connectivity index is 2.79. The minimum Gasteiger partial charge on any atom is -0.354 e. The molecule has 0 spiro atoms. The average Bonchev–Trinajstić information content (AvgIpc) is 2.18. The molecule has 15 heavy (non-hydrogen) atoms. The third-order valence-corrected chi connectivity index (χ3v) is 2.28. The van der Waals surface area contributed by atoms with Crippen molar-refractivity contribution >= 4 is 22.5 Å². The zero-order chi connectivity index (χ0) is 11.0. The lowest BCUT2D eigenvalue weighted by molar-refractivity contribution is 0.146. The van der Waals surface area contributed by atoms with Gasteiger partial charge in [0.2, 0.25) is 0 Å². The number of pyridine rings is 1. The highest BCUT2D eigenvalue weighted by atomic mass is 35.5. The van der Waals surface area contributed by atoms with Gasteiger partial charge in [-0.05, 0) is 18.2 Å². The first-order chi connectivity index (χ1) is 7.08. The number of aromatic nitrogens is 1. The van der Waals surface area contributed by atoms with Crippen LogP contribution in [-0.2, 0) is 0 Å². The Morgan fingerprint density at radius 1 is 1.27 bits per heavy atom. The summed E-state index contributed by atoms with van der Waals surface area (Å²) in [4.78, 5) is 13.9. The molecule has 0 saturated heterocycles. The van der Waals surface area contributed by atoms with Crippen LogP contribution in [0.2, 0.25) is 5.02 Å². The molecular weight excluding hydrogens is 224 g/mol. The van der Waals surface area contributed by atoms with Crippen LogP contribution in [0.4, 0.5) is 8.78 Å². The van der Waals surface area contributed by atoms with Crippen molar-refractivity contribution in [1.29, 1.82) is 0 Å². The van der Waals surface area contributed by atoms with Gasteiger partial charge in [0, 0.05) is 22.0 Å². The summed E-state index contributed by atoms with van der Waals surface area (Å²) in [6, 6.07) is 5.38. The number of hydrogen-bond acceptors (Lipinski definition) is 1. The van der Waals surface area contributed by atoms with E-state index in [0.717, 1.165) is 6.07 Å². The number of fused-ring (bicyclic) bond motifs is 1. The van der Waals surface area contributed by atoms with E-state index in [-0.39, 0.29) is 5.69 Å². The predicted octanol–water partition coefficient (Wildman–Crippen LogP) is 3.12. The Hall–Kier alpha value is -1.42. The zero-order valence-electron chi connectivity index (χ0n) is 7.43. The van der Waals surface area contributed by atoms with E-state index in [1.807, 2.05) is 0 Å². The van der Waals surface area contributed by atoms with E-state index in [1.54, 1.807) is 0 Å². The van der Waals surface area contributed by atoms with Crippen LogP contribution in [0.3, 0.4) is 0 Å².